The highest BCUT2D eigenvalue weighted by Crippen LogP contribution is 2.06. The normalized spacial score (nSPS) is 9.17. The number of rotatable bonds is 1. The number of halogens is 1. The van der Waals surface area contributed by atoms with Crippen LogP contribution in [0.15, 0.2) is 6.20 Å². The van der Waals surface area contributed by atoms with Crippen LogP contribution in [0.3, 0.4) is 0 Å². The van der Waals surface area contributed by atoms with Crippen LogP contribution in [0, 0.1) is 11.8 Å². The summed E-state index contributed by atoms with van der Waals surface area (Å²) >= 11 is 3.29. The van der Waals surface area contributed by atoms with E-state index < -0.39 is 0 Å². The van der Waals surface area contributed by atoms with E-state index in [2.05, 4.69) is 32.9 Å². The molecule has 0 saturated heterocycles. The number of alkyl halides is 1. The monoisotopic (exact) mass is 227 g/mol. The summed E-state index contributed by atoms with van der Waals surface area (Å²) < 4.78 is 1.61. The van der Waals surface area contributed by atoms with Gasteiger partial charge in [-0.15, -0.1) is 0 Å². The van der Waals surface area contributed by atoms with Crippen molar-refractivity contribution >= 4 is 21.7 Å². The summed E-state index contributed by atoms with van der Waals surface area (Å²) in [4.78, 5) is 0. The van der Waals surface area contributed by atoms with Crippen molar-refractivity contribution < 1.29 is 0 Å². The molecule has 0 amide bonds. The highest BCUT2D eigenvalue weighted by atomic mass is 79.9. The average molecular weight is 228 g/mol. The molecule has 0 aliphatic heterocycles. The summed E-state index contributed by atoms with van der Waals surface area (Å²) in [6.07, 6.45) is 2.50. The van der Waals surface area contributed by atoms with Gasteiger partial charge in [-0.25, -0.2) is 0 Å². The molecule has 3 nitrogen and oxygen atoms in total. The van der Waals surface area contributed by atoms with Crippen LogP contribution in [0.4, 0.5) is 5.82 Å². The van der Waals surface area contributed by atoms with Crippen LogP contribution in [0.2, 0.25) is 0 Å². The minimum atomic E-state index is 0.622. The molecule has 0 saturated carbocycles. The molecular weight excluding hydrogens is 218 g/mol. The van der Waals surface area contributed by atoms with Gasteiger partial charge in [0.05, 0.1) is 11.8 Å². The first-order chi connectivity index (χ1) is 5.75. The van der Waals surface area contributed by atoms with E-state index in [0.717, 1.165) is 17.3 Å². The van der Waals surface area contributed by atoms with E-state index in [1.165, 1.54) is 0 Å². The standard InChI is InChI=1S/C8H10BrN3/c1-12-8(10)7(6-11-12)4-2-3-5-9/h6H,3,5,10H2,1H3. The first-order valence-corrected chi connectivity index (χ1v) is 4.70. The molecule has 0 spiro atoms. The zero-order chi connectivity index (χ0) is 8.97. The van der Waals surface area contributed by atoms with Crippen LogP contribution in [0.25, 0.3) is 0 Å². The molecule has 0 aliphatic rings. The van der Waals surface area contributed by atoms with Gasteiger partial charge in [-0.3, -0.25) is 4.68 Å². The number of hydrogen-bond acceptors (Lipinski definition) is 2. The Morgan fingerprint density at radius 1 is 1.75 bits per heavy atom. The van der Waals surface area contributed by atoms with Gasteiger partial charge < -0.3 is 5.73 Å². The van der Waals surface area contributed by atoms with Crippen LogP contribution < -0.4 is 5.73 Å². The Kier molecular flexibility index (Phi) is 3.18. The van der Waals surface area contributed by atoms with Crippen molar-refractivity contribution in [2.24, 2.45) is 7.05 Å². The van der Waals surface area contributed by atoms with Crippen LogP contribution >= 0.6 is 15.9 Å². The molecule has 0 radical (unpaired) electrons. The summed E-state index contributed by atoms with van der Waals surface area (Å²) in [5.74, 6) is 6.54. The molecule has 0 bridgehead atoms. The molecular formula is C8H10BrN3. The third-order valence-corrected chi connectivity index (χ3v) is 1.82. The summed E-state index contributed by atoms with van der Waals surface area (Å²) in [5.41, 5.74) is 6.48. The highest BCUT2D eigenvalue weighted by Gasteiger charge is 1.98. The SMILES string of the molecule is Cn1ncc(C#CCCBr)c1N. The van der Waals surface area contributed by atoms with Gasteiger partial charge in [-0.05, 0) is 0 Å². The zero-order valence-electron chi connectivity index (χ0n) is 6.84. The third kappa shape index (κ3) is 2.02. The second kappa shape index (κ2) is 4.17. The number of aromatic nitrogens is 2. The Labute approximate surface area is 80.1 Å². The second-order valence-corrected chi connectivity index (χ2v) is 3.10. The van der Waals surface area contributed by atoms with Gasteiger partial charge in [0.25, 0.3) is 0 Å². The molecule has 0 atom stereocenters. The molecule has 0 aliphatic carbocycles. The van der Waals surface area contributed by atoms with Crippen molar-refractivity contribution in [3.63, 3.8) is 0 Å². The van der Waals surface area contributed by atoms with Crippen molar-refractivity contribution in [3.05, 3.63) is 11.8 Å². The minimum absolute atomic E-state index is 0.622. The van der Waals surface area contributed by atoms with Gasteiger partial charge in [0, 0.05) is 18.8 Å². The lowest BCUT2D eigenvalue weighted by Crippen LogP contribution is -1.98. The van der Waals surface area contributed by atoms with Crippen molar-refractivity contribution in [3.8, 4) is 11.8 Å². The Balaban J connectivity index is 2.78. The van der Waals surface area contributed by atoms with Crippen molar-refractivity contribution in [1.29, 1.82) is 0 Å². The zero-order valence-corrected chi connectivity index (χ0v) is 8.43. The van der Waals surface area contributed by atoms with Crippen LogP contribution in [0.5, 0.6) is 0 Å². The molecule has 1 rings (SSSR count). The van der Waals surface area contributed by atoms with Gasteiger partial charge in [-0.1, -0.05) is 27.8 Å². The molecule has 4 heteroatoms. The van der Waals surface area contributed by atoms with Crippen molar-refractivity contribution in [1.82, 2.24) is 9.78 Å². The lowest BCUT2D eigenvalue weighted by atomic mass is 10.3. The Hall–Kier alpha value is -0.950. The lowest BCUT2D eigenvalue weighted by molar-refractivity contribution is 0.779. The maximum absolute atomic E-state index is 5.67. The van der Waals surface area contributed by atoms with E-state index in [4.69, 9.17) is 5.73 Å². The minimum Gasteiger partial charge on any atom is -0.383 e. The second-order valence-electron chi connectivity index (χ2n) is 2.31. The average Bonchev–Trinajstić information content (AvgIpc) is 2.36. The summed E-state index contributed by atoms with van der Waals surface area (Å²) in [6.45, 7) is 0. The lowest BCUT2D eigenvalue weighted by Gasteiger charge is -1.91. The fourth-order valence-corrected chi connectivity index (χ4v) is 0.947. The maximum atomic E-state index is 5.67. The molecule has 1 aromatic rings. The molecule has 0 aromatic carbocycles. The number of aryl methyl sites for hydroxylation is 1. The van der Waals surface area contributed by atoms with Crippen molar-refractivity contribution in [2.45, 2.75) is 6.42 Å². The first kappa shape index (κ1) is 9.14. The summed E-state index contributed by atoms with van der Waals surface area (Å²) in [6, 6.07) is 0. The van der Waals surface area contributed by atoms with E-state index in [1.54, 1.807) is 17.9 Å². The Bertz CT molecular complexity index is 319. The van der Waals surface area contributed by atoms with Gasteiger partial charge in [0.15, 0.2) is 0 Å². The topological polar surface area (TPSA) is 43.8 Å². The predicted octanol–water partition coefficient (Wildman–Crippen LogP) is 1.14. The van der Waals surface area contributed by atoms with Gasteiger partial charge in [0.1, 0.15) is 5.82 Å². The molecule has 0 unspecified atom stereocenters. The summed E-state index contributed by atoms with van der Waals surface area (Å²) in [7, 11) is 1.80. The van der Waals surface area contributed by atoms with Crippen molar-refractivity contribution in [2.75, 3.05) is 11.1 Å². The van der Waals surface area contributed by atoms with Crippen LogP contribution in [0.1, 0.15) is 12.0 Å². The number of nitrogens with two attached hydrogens (primary N) is 1. The van der Waals surface area contributed by atoms with Gasteiger partial charge >= 0.3 is 0 Å². The largest absolute Gasteiger partial charge is 0.383 e. The fraction of sp³-hybridized carbons (Fsp3) is 0.375. The van der Waals surface area contributed by atoms with Gasteiger partial charge in [-0.2, -0.15) is 5.10 Å². The van der Waals surface area contributed by atoms with E-state index in [1.807, 2.05) is 0 Å². The third-order valence-electron chi connectivity index (χ3n) is 1.43. The molecule has 1 heterocycles. The summed E-state index contributed by atoms with van der Waals surface area (Å²) in [5, 5.41) is 4.86. The van der Waals surface area contributed by atoms with E-state index in [0.29, 0.717) is 5.82 Å². The van der Waals surface area contributed by atoms with E-state index in [9.17, 15) is 0 Å². The van der Waals surface area contributed by atoms with E-state index in [-0.39, 0.29) is 0 Å². The quantitative estimate of drug-likeness (QED) is 0.578. The van der Waals surface area contributed by atoms with Gasteiger partial charge in [0.2, 0.25) is 0 Å². The molecule has 2 N–H and O–H groups in total. The maximum Gasteiger partial charge on any atom is 0.137 e. The number of hydrogen-bond donors (Lipinski definition) is 1. The highest BCUT2D eigenvalue weighted by molar-refractivity contribution is 9.09. The van der Waals surface area contributed by atoms with Crippen LogP contribution in [-0.2, 0) is 7.05 Å². The molecule has 0 fully saturated rings. The number of anilines is 1. The fourth-order valence-electron chi connectivity index (χ4n) is 0.748. The first-order valence-electron chi connectivity index (χ1n) is 3.58. The number of nitrogen functional groups attached to an aromatic ring is 1. The van der Waals surface area contributed by atoms with Crippen LogP contribution in [-0.4, -0.2) is 15.1 Å². The Morgan fingerprint density at radius 2 is 2.50 bits per heavy atom. The molecule has 64 valence electrons. The Morgan fingerprint density at radius 3 is 3.00 bits per heavy atom. The number of nitrogens with zero attached hydrogens (tertiary/aromatic N) is 2. The molecule has 12 heavy (non-hydrogen) atoms. The molecule has 1 aromatic heterocycles. The van der Waals surface area contributed by atoms with E-state index >= 15 is 0 Å². The smallest absolute Gasteiger partial charge is 0.137 e. The predicted molar refractivity (Wildman–Crippen MR) is 52.9 cm³/mol.